The van der Waals surface area contributed by atoms with Gasteiger partial charge in [-0.05, 0) is 61.4 Å². The Labute approximate surface area is 123 Å². The molecule has 0 bridgehead atoms. The zero-order valence-electron chi connectivity index (χ0n) is 11.9. The number of thiophene rings is 1. The summed E-state index contributed by atoms with van der Waals surface area (Å²) in [5, 5.41) is 6.98. The highest BCUT2D eigenvalue weighted by Gasteiger charge is 2.56. The van der Waals surface area contributed by atoms with Crippen LogP contribution in [0.5, 0.6) is 0 Å². The van der Waals surface area contributed by atoms with Crippen LogP contribution in [0.3, 0.4) is 0 Å². The third kappa shape index (κ3) is 2.14. The second-order valence-electron chi connectivity index (χ2n) is 5.99. The predicted octanol–water partition coefficient (Wildman–Crippen LogP) is 1.81. The lowest BCUT2D eigenvalue weighted by Gasteiger charge is -2.46. The van der Waals surface area contributed by atoms with E-state index in [-0.39, 0.29) is 11.8 Å². The van der Waals surface area contributed by atoms with Crippen molar-refractivity contribution in [3.8, 4) is 0 Å². The summed E-state index contributed by atoms with van der Waals surface area (Å²) < 4.78 is 0. The number of carbonyl (C=O) groups excluding carboxylic acids is 2. The van der Waals surface area contributed by atoms with E-state index in [0.717, 1.165) is 19.3 Å². The fourth-order valence-corrected chi connectivity index (χ4v) is 3.76. The Bertz CT molecular complexity index is 524. The van der Waals surface area contributed by atoms with Gasteiger partial charge in [0.2, 0.25) is 11.8 Å². The molecule has 0 aromatic carbocycles. The number of nitrogens with one attached hydrogen (secondary N) is 1. The first kappa shape index (κ1) is 13.6. The molecule has 2 unspecified atom stereocenters. The van der Waals surface area contributed by atoms with Gasteiger partial charge in [-0.1, -0.05) is 0 Å². The first-order chi connectivity index (χ1) is 9.53. The third-order valence-electron chi connectivity index (χ3n) is 4.58. The molecule has 2 amide bonds. The van der Waals surface area contributed by atoms with E-state index in [1.54, 1.807) is 18.3 Å². The maximum Gasteiger partial charge on any atom is 0.246 e. The molecule has 1 aromatic heterocycles. The molecule has 20 heavy (non-hydrogen) atoms. The van der Waals surface area contributed by atoms with Crippen LogP contribution in [0.4, 0.5) is 0 Å². The summed E-state index contributed by atoms with van der Waals surface area (Å²) in [4.78, 5) is 26.7. The first-order valence-corrected chi connectivity index (χ1v) is 8.11. The van der Waals surface area contributed by atoms with Crippen molar-refractivity contribution in [2.75, 3.05) is 6.54 Å². The Morgan fingerprint density at radius 3 is 2.80 bits per heavy atom. The van der Waals surface area contributed by atoms with E-state index in [1.165, 1.54) is 5.56 Å². The smallest absolute Gasteiger partial charge is 0.246 e. The van der Waals surface area contributed by atoms with Crippen molar-refractivity contribution in [2.24, 2.45) is 5.92 Å². The van der Waals surface area contributed by atoms with Gasteiger partial charge in [-0.2, -0.15) is 11.3 Å². The van der Waals surface area contributed by atoms with E-state index in [1.807, 2.05) is 17.2 Å². The van der Waals surface area contributed by atoms with Crippen LogP contribution in [0.2, 0.25) is 0 Å². The van der Waals surface area contributed by atoms with Gasteiger partial charge in [0, 0.05) is 6.54 Å². The molecule has 2 atom stereocenters. The molecule has 2 fully saturated rings. The Balaban J connectivity index is 1.82. The van der Waals surface area contributed by atoms with Gasteiger partial charge in [0.25, 0.3) is 0 Å². The monoisotopic (exact) mass is 292 g/mol. The lowest BCUT2D eigenvalue weighted by atomic mass is 9.88. The number of piperazine rings is 1. The fraction of sp³-hybridized carbons (Fsp3) is 0.600. The quantitative estimate of drug-likeness (QED) is 0.920. The summed E-state index contributed by atoms with van der Waals surface area (Å²) >= 11 is 1.66. The summed E-state index contributed by atoms with van der Waals surface area (Å²) in [7, 11) is 0. The van der Waals surface area contributed by atoms with Crippen LogP contribution in [0.15, 0.2) is 16.8 Å². The van der Waals surface area contributed by atoms with Crippen LogP contribution < -0.4 is 5.32 Å². The van der Waals surface area contributed by atoms with Gasteiger partial charge in [0.05, 0.1) is 0 Å². The number of carbonyl (C=O) groups is 2. The second-order valence-corrected chi connectivity index (χ2v) is 6.77. The normalized spacial score (nSPS) is 30.5. The number of hydrogen-bond acceptors (Lipinski definition) is 3. The molecule has 3 rings (SSSR count). The third-order valence-corrected chi connectivity index (χ3v) is 5.31. The highest BCUT2D eigenvalue weighted by atomic mass is 32.1. The zero-order chi connectivity index (χ0) is 14.3. The van der Waals surface area contributed by atoms with Gasteiger partial charge >= 0.3 is 0 Å². The van der Waals surface area contributed by atoms with E-state index in [9.17, 15) is 9.59 Å². The largest absolute Gasteiger partial charge is 0.343 e. The van der Waals surface area contributed by atoms with Crippen LogP contribution in [-0.4, -0.2) is 34.8 Å². The minimum atomic E-state index is -0.653. The molecule has 1 aliphatic carbocycles. The van der Waals surface area contributed by atoms with Crippen molar-refractivity contribution in [2.45, 2.75) is 44.7 Å². The minimum Gasteiger partial charge on any atom is -0.343 e. The van der Waals surface area contributed by atoms with Crippen LogP contribution in [-0.2, 0) is 16.0 Å². The molecule has 1 aromatic rings. The molecule has 2 aliphatic rings. The molecular weight excluding hydrogens is 272 g/mol. The molecule has 108 valence electrons. The maximum atomic E-state index is 12.5. The predicted molar refractivity (Wildman–Crippen MR) is 78.5 cm³/mol. The summed E-state index contributed by atoms with van der Waals surface area (Å²) in [6.45, 7) is 4.32. The molecule has 1 saturated heterocycles. The molecule has 2 heterocycles. The van der Waals surface area contributed by atoms with Gasteiger partial charge in [-0.25, -0.2) is 0 Å². The highest BCUT2D eigenvalue weighted by Crippen LogP contribution is 2.44. The Morgan fingerprint density at radius 1 is 1.45 bits per heavy atom. The van der Waals surface area contributed by atoms with Gasteiger partial charge in [-0.3, -0.25) is 9.59 Å². The highest BCUT2D eigenvalue weighted by molar-refractivity contribution is 7.07. The average Bonchev–Trinajstić information content (AvgIpc) is 3.15. The first-order valence-electron chi connectivity index (χ1n) is 7.17. The number of nitrogens with zero attached hydrogens (tertiary/aromatic N) is 1. The van der Waals surface area contributed by atoms with Crippen molar-refractivity contribution in [3.05, 3.63) is 22.4 Å². The molecule has 0 radical (unpaired) electrons. The van der Waals surface area contributed by atoms with Crippen molar-refractivity contribution < 1.29 is 9.59 Å². The molecule has 0 spiro atoms. The molecule has 4 nitrogen and oxygen atoms in total. The van der Waals surface area contributed by atoms with E-state index in [2.05, 4.69) is 16.8 Å². The van der Waals surface area contributed by atoms with Crippen molar-refractivity contribution >= 4 is 23.2 Å². The van der Waals surface area contributed by atoms with E-state index < -0.39 is 11.6 Å². The van der Waals surface area contributed by atoms with Crippen LogP contribution >= 0.6 is 11.3 Å². The van der Waals surface area contributed by atoms with E-state index >= 15 is 0 Å². The number of amides is 2. The summed E-state index contributed by atoms with van der Waals surface area (Å²) in [6, 6.07) is 1.67. The van der Waals surface area contributed by atoms with Gasteiger partial charge < -0.3 is 10.2 Å². The second kappa shape index (κ2) is 4.88. The van der Waals surface area contributed by atoms with Crippen LogP contribution in [0.25, 0.3) is 0 Å². The molecule has 1 saturated carbocycles. The van der Waals surface area contributed by atoms with Gasteiger partial charge in [0.1, 0.15) is 11.6 Å². The zero-order valence-corrected chi connectivity index (χ0v) is 12.7. The van der Waals surface area contributed by atoms with Crippen LogP contribution in [0.1, 0.15) is 32.3 Å². The summed E-state index contributed by atoms with van der Waals surface area (Å²) in [5.41, 5.74) is 0.583. The van der Waals surface area contributed by atoms with Gasteiger partial charge in [0.15, 0.2) is 0 Å². The van der Waals surface area contributed by atoms with Gasteiger partial charge in [-0.15, -0.1) is 0 Å². The van der Waals surface area contributed by atoms with Crippen molar-refractivity contribution in [1.29, 1.82) is 0 Å². The van der Waals surface area contributed by atoms with Crippen LogP contribution in [0, 0.1) is 5.92 Å². The standard InChI is InChI=1S/C15H20N2O2S/c1-10-13(18)17(7-5-11-6-8-20-9-11)15(2,12-3-4-12)14(19)16-10/h6,8-10,12H,3-5,7H2,1-2H3,(H,16,19). The summed E-state index contributed by atoms with van der Waals surface area (Å²) in [5.74, 6) is 0.382. The van der Waals surface area contributed by atoms with Crippen molar-refractivity contribution in [1.82, 2.24) is 10.2 Å². The molecular formula is C15H20N2O2S. The Kier molecular flexibility index (Phi) is 3.32. The minimum absolute atomic E-state index is 0.0115. The Hall–Kier alpha value is -1.36. The lowest BCUT2D eigenvalue weighted by Crippen LogP contribution is -2.70. The Morgan fingerprint density at radius 2 is 2.20 bits per heavy atom. The van der Waals surface area contributed by atoms with Crippen molar-refractivity contribution in [3.63, 3.8) is 0 Å². The summed E-state index contributed by atoms with van der Waals surface area (Å²) in [6.07, 6.45) is 2.90. The van der Waals surface area contributed by atoms with E-state index in [0.29, 0.717) is 12.5 Å². The molecule has 5 heteroatoms. The average molecular weight is 292 g/mol. The number of hydrogen-bond donors (Lipinski definition) is 1. The van der Waals surface area contributed by atoms with E-state index in [4.69, 9.17) is 0 Å². The molecule has 1 aliphatic heterocycles. The number of rotatable bonds is 4. The fourth-order valence-electron chi connectivity index (χ4n) is 3.06. The molecule has 1 N–H and O–H groups in total. The lowest BCUT2D eigenvalue weighted by molar-refractivity contribution is -0.157. The SMILES string of the molecule is CC1NC(=O)C(C)(C2CC2)N(CCc2ccsc2)C1=O. The maximum absolute atomic E-state index is 12.5. The topological polar surface area (TPSA) is 49.4 Å².